The quantitative estimate of drug-likeness (QED) is 0.795. The van der Waals surface area contributed by atoms with Gasteiger partial charge in [0, 0.05) is 6.54 Å². The monoisotopic (exact) mass is 347 g/mol. The molecule has 0 aliphatic carbocycles. The van der Waals surface area contributed by atoms with Gasteiger partial charge in [-0.15, -0.1) is 0 Å². The summed E-state index contributed by atoms with van der Waals surface area (Å²) in [6.07, 6.45) is 2.71. The SMILES string of the molecule is Cc1ccc(S(=O)(=O)Nc2ccc(NCCC(C)C)cn2)cc1C. The van der Waals surface area contributed by atoms with Crippen LogP contribution in [0.25, 0.3) is 0 Å². The molecule has 0 atom stereocenters. The number of benzene rings is 1. The molecule has 0 saturated carbocycles. The first-order chi connectivity index (χ1) is 11.3. The number of rotatable bonds is 7. The van der Waals surface area contributed by atoms with Gasteiger partial charge < -0.3 is 5.32 Å². The maximum absolute atomic E-state index is 12.4. The van der Waals surface area contributed by atoms with Gasteiger partial charge in [0.25, 0.3) is 10.0 Å². The van der Waals surface area contributed by atoms with E-state index in [4.69, 9.17) is 0 Å². The van der Waals surface area contributed by atoms with Crippen LogP contribution < -0.4 is 10.0 Å². The highest BCUT2D eigenvalue weighted by molar-refractivity contribution is 7.92. The normalized spacial score (nSPS) is 11.5. The lowest BCUT2D eigenvalue weighted by Gasteiger charge is -2.11. The minimum atomic E-state index is -3.63. The standard InChI is InChI=1S/C18H25N3O2S/c1-13(2)9-10-19-16-6-8-18(20-12-16)21-24(22,23)17-7-5-14(3)15(4)11-17/h5-8,11-13,19H,9-10H2,1-4H3,(H,20,21). The molecule has 0 bridgehead atoms. The molecule has 2 N–H and O–H groups in total. The van der Waals surface area contributed by atoms with Crippen molar-refractivity contribution >= 4 is 21.5 Å². The summed E-state index contributed by atoms with van der Waals surface area (Å²) in [5.74, 6) is 0.942. The number of aryl methyl sites for hydroxylation is 2. The highest BCUT2D eigenvalue weighted by atomic mass is 32.2. The Labute approximate surface area is 144 Å². The summed E-state index contributed by atoms with van der Waals surface area (Å²) in [4.78, 5) is 4.42. The second kappa shape index (κ2) is 7.66. The fourth-order valence-corrected chi connectivity index (χ4v) is 3.23. The molecule has 0 amide bonds. The minimum Gasteiger partial charge on any atom is -0.384 e. The molecule has 0 spiro atoms. The average molecular weight is 347 g/mol. The lowest BCUT2D eigenvalue weighted by atomic mass is 10.1. The Morgan fingerprint density at radius 1 is 1.08 bits per heavy atom. The first-order valence-corrected chi connectivity index (χ1v) is 9.56. The maximum atomic E-state index is 12.4. The van der Waals surface area contributed by atoms with E-state index >= 15 is 0 Å². The lowest BCUT2D eigenvalue weighted by molar-refractivity contribution is 0.601. The number of hydrogen-bond donors (Lipinski definition) is 2. The first-order valence-electron chi connectivity index (χ1n) is 8.08. The zero-order valence-corrected chi connectivity index (χ0v) is 15.4. The smallest absolute Gasteiger partial charge is 0.263 e. The van der Waals surface area contributed by atoms with Crippen LogP contribution in [0, 0.1) is 19.8 Å². The van der Waals surface area contributed by atoms with Crippen molar-refractivity contribution in [3.63, 3.8) is 0 Å². The molecule has 24 heavy (non-hydrogen) atoms. The van der Waals surface area contributed by atoms with Crippen LogP contribution in [0.15, 0.2) is 41.4 Å². The number of nitrogens with zero attached hydrogens (tertiary/aromatic N) is 1. The molecule has 0 unspecified atom stereocenters. The van der Waals surface area contributed by atoms with E-state index in [0.717, 1.165) is 29.8 Å². The Morgan fingerprint density at radius 3 is 2.42 bits per heavy atom. The average Bonchev–Trinajstić information content (AvgIpc) is 2.51. The molecule has 1 aromatic heterocycles. The van der Waals surface area contributed by atoms with Gasteiger partial charge in [0.05, 0.1) is 16.8 Å². The Morgan fingerprint density at radius 2 is 1.83 bits per heavy atom. The van der Waals surface area contributed by atoms with E-state index in [1.807, 2.05) is 19.9 Å². The number of pyridine rings is 1. The molecule has 130 valence electrons. The predicted octanol–water partition coefficient (Wildman–Crippen LogP) is 3.96. The molecule has 5 nitrogen and oxygen atoms in total. The Balaban J connectivity index is 2.05. The van der Waals surface area contributed by atoms with Crippen LogP contribution in [-0.4, -0.2) is 19.9 Å². The van der Waals surface area contributed by atoms with Crippen molar-refractivity contribution in [1.29, 1.82) is 0 Å². The summed E-state index contributed by atoms with van der Waals surface area (Å²) in [7, 11) is -3.63. The van der Waals surface area contributed by atoms with Gasteiger partial charge in [-0.05, 0) is 61.6 Å². The van der Waals surface area contributed by atoms with E-state index in [9.17, 15) is 8.42 Å². The van der Waals surface area contributed by atoms with E-state index < -0.39 is 10.0 Å². The molecule has 0 aliphatic rings. The minimum absolute atomic E-state index is 0.242. The zero-order chi connectivity index (χ0) is 17.7. The topological polar surface area (TPSA) is 71.1 Å². The van der Waals surface area contributed by atoms with Crippen molar-refractivity contribution in [3.8, 4) is 0 Å². The second-order valence-electron chi connectivity index (χ2n) is 6.39. The van der Waals surface area contributed by atoms with Crippen molar-refractivity contribution in [2.45, 2.75) is 39.0 Å². The third kappa shape index (κ3) is 4.96. The van der Waals surface area contributed by atoms with E-state index in [1.54, 1.807) is 30.5 Å². The van der Waals surface area contributed by atoms with E-state index in [-0.39, 0.29) is 4.90 Å². The van der Waals surface area contributed by atoms with E-state index in [0.29, 0.717) is 11.7 Å². The van der Waals surface area contributed by atoms with Gasteiger partial charge in [0.1, 0.15) is 5.82 Å². The van der Waals surface area contributed by atoms with Crippen molar-refractivity contribution < 1.29 is 8.42 Å². The van der Waals surface area contributed by atoms with Gasteiger partial charge in [0.2, 0.25) is 0 Å². The highest BCUT2D eigenvalue weighted by Crippen LogP contribution is 2.18. The Bertz CT molecular complexity index is 784. The van der Waals surface area contributed by atoms with Crippen molar-refractivity contribution in [2.75, 3.05) is 16.6 Å². The molecule has 0 saturated heterocycles. The summed E-state index contributed by atoms with van der Waals surface area (Å²) in [6.45, 7) is 9.05. The maximum Gasteiger partial charge on any atom is 0.263 e. The molecule has 0 radical (unpaired) electrons. The number of anilines is 2. The molecule has 2 aromatic rings. The summed E-state index contributed by atoms with van der Waals surface area (Å²) < 4.78 is 27.4. The van der Waals surface area contributed by atoms with Crippen molar-refractivity contribution in [3.05, 3.63) is 47.7 Å². The fourth-order valence-electron chi connectivity index (χ4n) is 2.14. The van der Waals surface area contributed by atoms with Gasteiger partial charge in [-0.2, -0.15) is 0 Å². The molecular weight excluding hydrogens is 322 g/mol. The largest absolute Gasteiger partial charge is 0.384 e. The third-order valence-corrected chi connectivity index (χ3v) is 5.19. The number of sulfonamides is 1. The van der Waals surface area contributed by atoms with Crippen LogP contribution in [0.5, 0.6) is 0 Å². The lowest BCUT2D eigenvalue weighted by Crippen LogP contribution is -2.14. The molecule has 6 heteroatoms. The van der Waals surface area contributed by atoms with Crippen LogP contribution in [0.3, 0.4) is 0 Å². The van der Waals surface area contributed by atoms with Gasteiger partial charge in [-0.3, -0.25) is 4.72 Å². The van der Waals surface area contributed by atoms with Crippen molar-refractivity contribution in [1.82, 2.24) is 4.98 Å². The number of aromatic nitrogens is 1. The van der Waals surface area contributed by atoms with Crippen molar-refractivity contribution in [2.24, 2.45) is 5.92 Å². The van der Waals surface area contributed by atoms with Gasteiger partial charge in [-0.25, -0.2) is 13.4 Å². The van der Waals surface area contributed by atoms with Crippen LogP contribution in [0.4, 0.5) is 11.5 Å². The molecule has 0 fully saturated rings. The molecule has 1 heterocycles. The molecule has 1 aromatic carbocycles. The summed E-state index contributed by atoms with van der Waals surface area (Å²) in [5, 5.41) is 3.27. The summed E-state index contributed by atoms with van der Waals surface area (Å²) in [5.41, 5.74) is 2.88. The van der Waals surface area contributed by atoms with Crippen LogP contribution in [-0.2, 0) is 10.0 Å². The summed E-state index contributed by atoms with van der Waals surface area (Å²) >= 11 is 0. The molecular formula is C18H25N3O2S. The zero-order valence-electron chi connectivity index (χ0n) is 14.6. The summed E-state index contributed by atoms with van der Waals surface area (Å²) in [6, 6.07) is 8.56. The fraction of sp³-hybridized carbons (Fsp3) is 0.389. The van der Waals surface area contributed by atoms with E-state index in [1.165, 1.54) is 0 Å². The molecule has 0 aliphatic heterocycles. The third-order valence-electron chi connectivity index (χ3n) is 3.84. The van der Waals surface area contributed by atoms with Crippen LogP contribution in [0.1, 0.15) is 31.4 Å². The Hall–Kier alpha value is -2.08. The van der Waals surface area contributed by atoms with Crippen LogP contribution >= 0.6 is 0 Å². The second-order valence-corrected chi connectivity index (χ2v) is 8.08. The van der Waals surface area contributed by atoms with Gasteiger partial charge >= 0.3 is 0 Å². The molecule has 2 rings (SSSR count). The van der Waals surface area contributed by atoms with Crippen LogP contribution in [0.2, 0.25) is 0 Å². The predicted molar refractivity (Wildman–Crippen MR) is 98.9 cm³/mol. The number of nitrogens with one attached hydrogen (secondary N) is 2. The highest BCUT2D eigenvalue weighted by Gasteiger charge is 2.15. The first kappa shape index (κ1) is 18.3. The van der Waals surface area contributed by atoms with Gasteiger partial charge in [0.15, 0.2) is 0 Å². The van der Waals surface area contributed by atoms with E-state index in [2.05, 4.69) is 28.9 Å². The Kier molecular flexibility index (Phi) is 5.83. The van der Waals surface area contributed by atoms with Gasteiger partial charge in [-0.1, -0.05) is 19.9 Å². The number of hydrogen-bond acceptors (Lipinski definition) is 4.